The highest BCUT2D eigenvalue weighted by molar-refractivity contribution is 7.89. The number of amides is 1. The number of methoxy groups -OCH3 is 1. The molecule has 0 spiro atoms. The third kappa shape index (κ3) is 5.16. The van der Waals surface area contributed by atoms with Crippen molar-refractivity contribution in [1.29, 1.82) is 0 Å². The molecule has 0 aliphatic heterocycles. The lowest BCUT2D eigenvalue weighted by atomic mass is 10.1. The Morgan fingerprint density at radius 2 is 1.75 bits per heavy atom. The van der Waals surface area contributed by atoms with Crippen LogP contribution >= 0.6 is 11.3 Å². The molecule has 1 amide bonds. The molecule has 4 aromatic rings. The van der Waals surface area contributed by atoms with Crippen molar-refractivity contribution in [2.24, 2.45) is 0 Å². The largest absolute Gasteiger partial charge is 0.497 e. The van der Waals surface area contributed by atoms with Gasteiger partial charge in [0.1, 0.15) is 5.75 Å². The van der Waals surface area contributed by atoms with Gasteiger partial charge >= 0.3 is 0 Å². The zero-order chi connectivity index (χ0) is 22.6. The number of ether oxygens (including phenoxy) is 1. The molecule has 0 fully saturated rings. The number of rotatable bonds is 8. The lowest BCUT2D eigenvalue weighted by Crippen LogP contribution is -2.25. The number of carbonyl (C=O) groups excluding carboxylic acids is 1. The maximum absolute atomic E-state index is 12.6. The van der Waals surface area contributed by atoms with Crippen LogP contribution in [-0.2, 0) is 23.1 Å². The summed E-state index contributed by atoms with van der Waals surface area (Å²) >= 11 is 1.48. The number of thiophene rings is 1. The highest BCUT2D eigenvalue weighted by Crippen LogP contribution is 2.22. The molecule has 6 nitrogen and oxygen atoms in total. The van der Waals surface area contributed by atoms with Gasteiger partial charge in [-0.05, 0) is 64.2 Å². The van der Waals surface area contributed by atoms with E-state index in [4.69, 9.17) is 4.74 Å². The molecule has 0 bridgehead atoms. The van der Waals surface area contributed by atoms with Crippen molar-refractivity contribution in [2.45, 2.75) is 18.0 Å². The van der Waals surface area contributed by atoms with Crippen molar-refractivity contribution in [3.8, 4) is 5.75 Å². The summed E-state index contributed by atoms with van der Waals surface area (Å²) in [5, 5.41) is 6.84. The van der Waals surface area contributed by atoms with Gasteiger partial charge in [-0.25, -0.2) is 13.1 Å². The predicted molar refractivity (Wildman–Crippen MR) is 126 cm³/mol. The molecular formula is C24H22N2O4S2. The van der Waals surface area contributed by atoms with Gasteiger partial charge in [-0.1, -0.05) is 30.3 Å². The van der Waals surface area contributed by atoms with E-state index < -0.39 is 10.0 Å². The first-order valence-corrected chi connectivity index (χ1v) is 12.3. The van der Waals surface area contributed by atoms with E-state index in [1.54, 1.807) is 19.2 Å². The Labute approximate surface area is 190 Å². The van der Waals surface area contributed by atoms with E-state index in [1.807, 2.05) is 53.9 Å². The lowest BCUT2D eigenvalue weighted by molar-refractivity contribution is 0.0950. The van der Waals surface area contributed by atoms with Crippen molar-refractivity contribution in [3.63, 3.8) is 0 Å². The van der Waals surface area contributed by atoms with E-state index in [1.165, 1.54) is 23.5 Å². The summed E-state index contributed by atoms with van der Waals surface area (Å²) in [4.78, 5) is 13.6. The highest BCUT2D eigenvalue weighted by Gasteiger charge is 2.16. The monoisotopic (exact) mass is 466 g/mol. The first-order chi connectivity index (χ1) is 15.4. The summed E-state index contributed by atoms with van der Waals surface area (Å²) in [6, 6.07) is 21.5. The Kier molecular flexibility index (Phi) is 6.55. The fraction of sp³-hybridized carbons (Fsp3) is 0.125. The summed E-state index contributed by atoms with van der Waals surface area (Å²) in [5.41, 5.74) is 1.23. The van der Waals surface area contributed by atoms with E-state index in [9.17, 15) is 13.2 Å². The number of carbonyl (C=O) groups is 1. The maximum Gasteiger partial charge on any atom is 0.251 e. The van der Waals surface area contributed by atoms with Crippen LogP contribution in [0.5, 0.6) is 5.75 Å². The van der Waals surface area contributed by atoms with Crippen LogP contribution in [0.2, 0.25) is 0 Å². The summed E-state index contributed by atoms with van der Waals surface area (Å²) in [5.74, 6) is 0.452. The van der Waals surface area contributed by atoms with E-state index in [0.717, 1.165) is 27.0 Å². The second kappa shape index (κ2) is 9.52. The number of sulfonamides is 1. The molecule has 0 atom stereocenters. The molecule has 164 valence electrons. The first kappa shape index (κ1) is 22.0. The molecule has 0 aliphatic rings. The van der Waals surface area contributed by atoms with Crippen LogP contribution in [0.4, 0.5) is 0 Å². The normalized spacial score (nSPS) is 11.4. The second-order valence-corrected chi connectivity index (χ2v) is 9.96. The molecule has 0 aliphatic carbocycles. The van der Waals surface area contributed by atoms with Gasteiger partial charge < -0.3 is 10.1 Å². The zero-order valence-corrected chi connectivity index (χ0v) is 19.0. The molecule has 0 unspecified atom stereocenters. The summed E-state index contributed by atoms with van der Waals surface area (Å²) in [6.45, 7) is 0.540. The van der Waals surface area contributed by atoms with Crippen LogP contribution in [0.3, 0.4) is 0 Å². The molecular weight excluding hydrogens is 444 g/mol. The third-order valence-electron chi connectivity index (χ3n) is 4.99. The van der Waals surface area contributed by atoms with Crippen LogP contribution < -0.4 is 14.8 Å². The predicted octanol–water partition coefficient (Wildman–Crippen LogP) is 4.32. The van der Waals surface area contributed by atoms with Crippen molar-refractivity contribution in [2.75, 3.05) is 7.11 Å². The quantitative estimate of drug-likeness (QED) is 0.405. The maximum atomic E-state index is 12.6. The fourth-order valence-electron chi connectivity index (χ4n) is 3.26. The van der Waals surface area contributed by atoms with Gasteiger partial charge in [0.25, 0.3) is 5.91 Å². The van der Waals surface area contributed by atoms with Crippen molar-refractivity contribution < 1.29 is 17.9 Å². The second-order valence-electron chi connectivity index (χ2n) is 7.16. The summed E-state index contributed by atoms with van der Waals surface area (Å²) in [7, 11) is -2.09. The van der Waals surface area contributed by atoms with Gasteiger partial charge in [0, 0.05) is 23.5 Å². The summed E-state index contributed by atoms with van der Waals surface area (Å²) in [6.07, 6.45) is 0. The standard InChI is InChI=1S/C24H22N2O4S2/c1-30-21-10-9-18-12-17(7-8-19(18)13-21)15-25-24(27)20-4-2-6-23(14-20)32(28,29)26-16-22-5-3-11-31-22/h2-14,26H,15-16H2,1H3,(H,25,27). The Morgan fingerprint density at radius 1 is 0.938 bits per heavy atom. The molecule has 0 saturated carbocycles. The third-order valence-corrected chi connectivity index (χ3v) is 7.26. The molecule has 0 saturated heterocycles. The minimum atomic E-state index is -3.72. The number of nitrogens with one attached hydrogen (secondary N) is 2. The fourth-order valence-corrected chi connectivity index (χ4v) is 5.05. The molecule has 8 heteroatoms. The molecule has 0 radical (unpaired) electrons. The van der Waals surface area contributed by atoms with E-state index in [0.29, 0.717) is 6.54 Å². The molecule has 1 heterocycles. The lowest BCUT2D eigenvalue weighted by Gasteiger charge is -2.10. The molecule has 32 heavy (non-hydrogen) atoms. The minimum Gasteiger partial charge on any atom is -0.497 e. The van der Waals surface area contributed by atoms with Crippen LogP contribution in [0, 0.1) is 0 Å². The van der Waals surface area contributed by atoms with Gasteiger partial charge in [0.2, 0.25) is 10.0 Å². The van der Waals surface area contributed by atoms with E-state index in [2.05, 4.69) is 10.0 Å². The zero-order valence-electron chi connectivity index (χ0n) is 17.4. The Bertz CT molecular complexity index is 1350. The summed E-state index contributed by atoms with van der Waals surface area (Å²) < 4.78 is 33.0. The van der Waals surface area contributed by atoms with Gasteiger partial charge in [-0.2, -0.15) is 0 Å². The van der Waals surface area contributed by atoms with E-state index in [-0.39, 0.29) is 22.9 Å². The van der Waals surface area contributed by atoms with Gasteiger partial charge in [0.15, 0.2) is 0 Å². The van der Waals surface area contributed by atoms with Crippen LogP contribution in [0.15, 0.2) is 83.1 Å². The molecule has 4 rings (SSSR count). The average Bonchev–Trinajstić information content (AvgIpc) is 3.35. The smallest absolute Gasteiger partial charge is 0.251 e. The Hall–Kier alpha value is -3.20. The van der Waals surface area contributed by atoms with Crippen molar-refractivity contribution >= 4 is 38.0 Å². The topological polar surface area (TPSA) is 84.5 Å². The van der Waals surface area contributed by atoms with E-state index >= 15 is 0 Å². The van der Waals surface area contributed by atoms with Gasteiger partial charge in [-0.15, -0.1) is 11.3 Å². The number of hydrogen-bond acceptors (Lipinski definition) is 5. The molecule has 2 N–H and O–H groups in total. The van der Waals surface area contributed by atoms with Crippen molar-refractivity contribution in [3.05, 3.63) is 94.2 Å². The molecule has 3 aromatic carbocycles. The van der Waals surface area contributed by atoms with Crippen LogP contribution in [0.1, 0.15) is 20.8 Å². The number of benzene rings is 3. The minimum absolute atomic E-state index is 0.0568. The number of hydrogen-bond donors (Lipinski definition) is 2. The van der Waals surface area contributed by atoms with Crippen molar-refractivity contribution in [1.82, 2.24) is 10.0 Å². The van der Waals surface area contributed by atoms with Gasteiger partial charge in [-0.3, -0.25) is 4.79 Å². The van der Waals surface area contributed by atoms with Crippen LogP contribution in [-0.4, -0.2) is 21.4 Å². The average molecular weight is 467 g/mol. The Morgan fingerprint density at radius 3 is 2.53 bits per heavy atom. The highest BCUT2D eigenvalue weighted by atomic mass is 32.2. The first-order valence-electron chi connectivity index (χ1n) is 9.91. The van der Waals surface area contributed by atoms with Crippen LogP contribution in [0.25, 0.3) is 10.8 Å². The number of fused-ring (bicyclic) bond motifs is 1. The Balaban J connectivity index is 1.43. The molecule has 1 aromatic heterocycles. The van der Waals surface area contributed by atoms with Gasteiger partial charge in [0.05, 0.1) is 12.0 Å². The SMILES string of the molecule is COc1ccc2cc(CNC(=O)c3cccc(S(=O)(=O)NCc4cccs4)c3)ccc2c1.